The van der Waals surface area contributed by atoms with Crippen LogP contribution in [0.3, 0.4) is 0 Å². The summed E-state index contributed by atoms with van der Waals surface area (Å²) >= 11 is 1.28. The van der Waals surface area contributed by atoms with Gasteiger partial charge in [0, 0.05) is 18.6 Å². The second kappa shape index (κ2) is 4.68. The molecular weight excluding hydrogens is 256 g/mol. The van der Waals surface area contributed by atoms with Crippen LogP contribution >= 0.6 is 11.3 Å². The highest BCUT2D eigenvalue weighted by Crippen LogP contribution is 2.28. The Morgan fingerprint density at radius 2 is 2.24 bits per heavy atom. The molecule has 2 heterocycles. The monoisotopic (exact) mass is 274 g/mol. The highest BCUT2D eigenvalue weighted by Gasteiger charge is 2.38. The number of nitrogens with one attached hydrogen (secondary N) is 1. The Morgan fingerprint density at radius 3 is 2.88 bits per heavy atom. The Bertz CT molecular complexity index is 466. The van der Waals surface area contributed by atoms with Crippen LogP contribution in [-0.2, 0) is 10.0 Å². The first-order valence-electron chi connectivity index (χ1n) is 5.72. The summed E-state index contributed by atoms with van der Waals surface area (Å²) in [5, 5.41) is 5.08. The molecule has 0 spiro atoms. The molecule has 1 aliphatic rings. The van der Waals surface area contributed by atoms with Crippen molar-refractivity contribution in [3.63, 3.8) is 0 Å². The van der Waals surface area contributed by atoms with Crippen LogP contribution in [0.4, 0.5) is 0 Å². The van der Waals surface area contributed by atoms with Crippen LogP contribution in [0.2, 0.25) is 0 Å². The van der Waals surface area contributed by atoms with E-state index in [9.17, 15) is 8.42 Å². The van der Waals surface area contributed by atoms with Crippen molar-refractivity contribution in [3.8, 4) is 0 Å². The molecule has 1 N–H and O–H groups in total. The minimum absolute atomic E-state index is 0.376. The summed E-state index contributed by atoms with van der Waals surface area (Å²) in [6.07, 6.45) is 0.855. The Kier molecular flexibility index (Phi) is 3.58. The van der Waals surface area contributed by atoms with E-state index in [-0.39, 0.29) is 5.54 Å². The van der Waals surface area contributed by atoms with Gasteiger partial charge in [0.15, 0.2) is 0 Å². The topological polar surface area (TPSA) is 49.4 Å². The van der Waals surface area contributed by atoms with Gasteiger partial charge in [-0.2, -0.15) is 4.31 Å². The molecule has 0 aliphatic carbocycles. The maximum absolute atomic E-state index is 12.5. The molecule has 0 unspecified atom stereocenters. The Hall–Kier alpha value is -0.430. The molecule has 0 atom stereocenters. The molecule has 1 fully saturated rings. The summed E-state index contributed by atoms with van der Waals surface area (Å²) in [5.41, 5.74) is -0.376. The summed E-state index contributed by atoms with van der Waals surface area (Å²) in [7, 11) is -3.34. The van der Waals surface area contributed by atoms with Gasteiger partial charge in [-0.1, -0.05) is 6.07 Å². The van der Waals surface area contributed by atoms with Gasteiger partial charge in [0.2, 0.25) is 0 Å². The van der Waals surface area contributed by atoms with E-state index in [0.29, 0.717) is 17.3 Å². The lowest BCUT2D eigenvalue weighted by molar-refractivity contribution is 0.243. The molecule has 1 aromatic heterocycles. The first kappa shape index (κ1) is 13.0. The fourth-order valence-electron chi connectivity index (χ4n) is 2.10. The summed E-state index contributed by atoms with van der Waals surface area (Å²) in [6.45, 7) is 6.09. The first-order valence-corrected chi connectivity index (χ1v) is 8.04. The third-order valence-electron chi connectivity index (χ3n) is 2.99. The van der Waals surface area contributed by atoms with E-state index in [1.54, 1.807) is 21.8 Å². The fraction of sp³-hybridized carbons (Fsp3) is 0.636. The summed E-state index contributed by atoms with van der Waals surface area (Å²) < 4.78 is 27.1. The molecule has 2 rings (SSSR count). The molecule has 1 aliphatic heterocycles. The average Bonchev–Trinajstić information content (AvgIpc) is 2.70. The van der Waals surface area contributed by atoms with Crippen LogP contribution in [0.5, 0.6) is 0 Å². The second-order valence-electron chi connectivity index (χ2n) is 4.85. The molecular formula is C11H18N2O2S2. The zero-order valence-electron chi connectivity index (χ0n) is 10.1. The van der Waals surface area contributed by atoms with Crippen molar-refractivity contribution in [1.82, 2.24) is 9.62 Å². The number of hydrogen-bond acceptors (Lipinski definition) is 4. The highest BCUT2D eigenvalue weighted by atomic mass is 32.2. The molecule has 6 heteroatoms. The van der Waals surface area contributed by atoms with Crippen LogP contribution in [0, 0.1) is 0 Å². The van der Waals surface area contributed by atoms with Crippen LogP contribution in [-0.4, -0.2) is 37.9 Å². The summed E-state index contributed by atoms with van der Waals surface area (Å²) in [5.74, 6) is 0. The van der Waals surface area contributed by atoms with Crippen molar-refractivity contribution in [2.75, 3.05) is 19.6 Å². The van der Waals surface area contributed by atoms with E-state index in [0.717, 1.165) is 13.0 Å². The Labute approximate surface area is 107 Å². The van der Waals surface area contributed by atoms with E-state index in [4.69, 9.17) is 0 Å². The first-order chi connectivity index (χ1) is 7.94. The molecule has 0 amide bonds. The Balaban J connectivity index is 2.37. The van der Waals surface area contributed by atoms with E-state index < -0.39 is 10.0 Å². The maximum atomic E-state index is 12.5. The molecule has 1 aromatic rings. The van der Waals surface area contributed by atoms with E-state index in [1.807, 2.05) is 13.8 Å². The summed E-state index contributed by atoms with van der Waals surface area (Å²) in [4.78, 5) is 0. The fourth-order valence-corrected chi connectivity index (χ4v) is 5.02. The van der Waals surface area contributed by atoms with Crippen molar-refractivity contribution >= 4 is 21.4 Å². The second-order valence-corrected chi connectivity index (χ2v) is 7.89. The molecule has 0 aromatic carbocycles. The van der Waals surface area contributed by atoms with Crippen molar-refractivity contribution in [2.24, 2.45) is 0 Å². The van der Waals surface area contributed by atoms with Crippen LogP contribution < -0.4 is 5.32 Å². The lowest BCUT2D eigenvalue weighted by Crippen LogP contribution is -2.51. The lowest BCUT2D eigenvalue weighted by atomic mass is 10.1. The number of rotatable bonds is 2. The van der Waals surface area contributed by atoms with Gasteiger partial charge in [-0.05, 0) is 38.3 Å². The summed E-state index contributed by atoms with van der Waals surface area (Å²) in [6, 6.07) is 3.45. The molecule has 17 heavy (non-hydrogen) atoms. The lowest BCUT2D eigenvalue weighted by Gasteiger charge is -2.35. The van der Waals surface area contributed by atoms with Gasteiger partial charge in [0.1, 0.15) is 4.21 Å². The predicted molar refractivity (Wildman–Crippen MR) is 69.8 cm³/mol. The van der Waals surface area contributed by atoms with Gasteiger partial charge in [0.25, 0.3) is 10.0 Å². The van der Waals surface area contributed by atoms with Crippen LogP contribution in [0.25, 0.3) is 0 Å². The minimum atomic E-state index is -3.34. The van der Waals surface area contributed by atoms with Crippen LogP contribution in [0.15, 0.2) is 21.7 Å². The normalized spacial score (nSPS) is 22.2. The standard InChI is InChI=1S/C11H18N2O2S2/c1-11(2)9-12-6-4-7-13(11)17(14,15)10-5-3-8-16-10/h3,5,8,12H,4,6-7,9H2,1-2H3. The largest absolute Gasteiger partial charge is 0.315 e. The Morgan fingerprint density at radius 1 is 1.47 bits per heavy atom. The zero-order chi connectivity index (χ0) is 12.5. The number of nitrogens with zero attached hydrogens (tertiary/aromatic N) is 1. The number of sulfonamides is 1. The van der Waals surface area contributed by atoms with Crippen molar-refractivity contribution in [1.29, 1.82) is 0 Å². The SMILES string of the molecule is CC1(C)CNCCCN1S(=O)(=O)c1cccs1. The molecule has 1 saturated heterocycles. The van der Waals surface area contributed by atoms with Crippen molar-refractivity contribution in [2.45, 2.75) is 30.0 Å². The van der Waals surface area contributed by atoms with Gasteiger partial charge < -0.3 is 5.32 Å². The van der Waals surface area contributed by atoms with Gasteiger partial charge >= 0.3 is 0 Å². The predicted octanol–water partition coefficient (Wildman–Crippen LogP) is 1.51. The molecule has 0 bridgehead atoms. The molecule has 4 nitrogen and oxygen atoms in total. The highest BCUT2D eigenvalue weighted by molar-refractivity contribution is 7.91. The molecule has 96 valence electrons. The van der Waals surface area contributed by atoms with Crippen LogP contribution in [0.1, 0.15) is 20.3 Å². The van der Waals surface area contributed by atoms with Crippen molar-refractivity contribution < 1.29 is 8.42 Å². The minimum Gasteiger partial charge on any atom is -0.315 e. The number of hydrogen-bond donors (Lipinski definition) is 1. The van der Waals surface area contributed by atoms with Gasteiger partial charge in [-0.25, -0.2) is 8.42 Å². The van der Waals surface area contributed by atoms with Gasteiger partial charge in [-0.15, -0.1) is 11.3 Å². The van der Waals surface area contributed by atoms with E-state index >= 15 is 0 Å². The smallest absolute Gasteiger partial charge is 0.253 e. The van der Waals surface area contributed by atoms with E-state index in [2.05, 4.69) is 5.32 Å². The number of thiophene rings is 1. The maximum Gasteiger partial charge on any atom is 0.253 e. The third kappa shape index (κ3) is 2.54. The third-order valence-corrected chi connectivity index (χ3v) is 6.47. The van der Waals surface area contributed by atoms with E-state index in [1.165, 1.54) is 11.3 Å². The van der Waals surface area contributed by atoms with Gasteiger partial charge in [0.05, 0.1) is 0 Å². The quantitative estimate of drug-likeness (QED) is 0.889. The zero-order valence-corrected chi connectivity index (χ0v) is 11.8. The molecule has 0 radical (unpaired) electrons. The average molecular weight is 274 g/mol. The molecule has 0 saturated carbocycles. The van der Waals surface area contributed by atoms with Crippen molar-refractivity contribution in [3.05, 3.63) is 17.5 Å². The van der Waals surface area contributed by atoms with Gasteiger partial charge in [-0.3, -0.25) is 0 Å².